The Kier molecular flexibility index (Phi) is 33.9. The molecule has 91 heavy (non-hydrogen) atoms. The van der Waals surface area contributed by atoms with Gasteiger partial charge in [-0.2, -0.15) is 0 Å². The summed E-state index contributed by atoms with van der Waals surface area (Å²) in [5.41, 5.74) is 5.89. The summed E-state index contributed by atoms with van der Waals surface area (Å²) < 4.78 is 0.498. The zero-order chi connectivity index (χ0) is 66.9. The van der Waals surface area contributed by atoms with Crippen molar-refractivity contribution < 1.29 is 64.2 Å². The molecule has 1 aliphatic carbocycles. The van der Waals surface area contributed by atoms with Crippen LogP contribution in [0, 0.1) is 5.92 Å². The van der Waals surface area contributed by atoms with Crippen molar-refractivity contribution in [3.63, 3.8) is 0 Å². The van der Waals surface area contributed by atoms with Crippen LogP contribution in [0.15, 0.2) is 162 Å². The van der Waals surface area contributed by atoms with Crippen molar-refractivity contribution in [2.45, 2.75) is 134 Å². The van der Waals surface area contributed by atoms with Crippen LogP contribution in [0.3, 0.4) is 0 Å². The van der Waals surface area contributed by atoms with Crippen molar-refractivity contribution >= 4 is 121 Å². The van der Waals surface area contributed by atoms with Gasteiger partial charge in [0.1, 0.15) is 6.04 Å². The molecule has 1 aliphatic heterocycles. The van der Waals surface area contributed by atoms with E-state index in [0.717, 1.165) is 57.6 Å². The van der Waals surface area contributed by atoms with E-state index in [-0.39, 0.29) is 35.7 Å². The predicted molar refractivity (Wildman–Crippen MR) is 364 cm³/mol. The zero-order valence-electron chi connectivity index (χ0n) is 50.9. The molecule has 0 aromatic heterocycles. The number of allylic oxidation sites excluding steroid dienone is 2. The molecule has 0 radical (unpaired) electrons. The fourth-order valence-electron chi connectivity index (χ4n) is 10.4. The molecule has 2 atom stereocenters. The highest BCUT2D eigenvalue weighted by molar-refractivity contribution is 9.10. The minimum Gasteiger partial charge on any atom is -0.481 e. The quantitative estimate of drug-likeness (QED) is 0.0187. The highest BCUT2D eigenvalue weighted by Crippen LogP contribution is 2.66. The Morgan fingerprint density at radius 2 is 1.07 bits per heavy atom. The first-order chi connectivity index (χ1) is 43.5. The number of hydrogen-bond acceptors (Lipinski definition) is 8. The van der Waals surface area contributed by atoms with Crippen LogP contribution in [0.25, 0.3) is 17.2 Å². The lowest BCUT2D eigenvalue weighted by Crippen LogP contribution is -2.65. The molecule has 1 fully saturated rings. The molecular formula is C71H79BrCl4N2O13. The minimum absolute atomic E-state index is 0.0610. The molecule has 6 aromatic carbocycles. The summed E-state index contributed by atoms with van der Waals surface area (Å²) >= 11 is 25.9. The summed E-state index contributed by atoms with van der Waals surface area (Å²) in [5, 5.41) is 57.8. The number of aliphatic carboxylic acids is 5. The van der Waals surface area contributed by atoms with E-state index >= 15 is 0 Å². The number of unbranched alkanes of at least 4 members (excludes halogenated alkanes) is 12. The maximum atomic E-state index is 12.4. The van der Waals surface area contributed by atoms with E-state index < -0.39 is 59.2 Å². The number of rotatable bonds is 27. The van der Waals surface area contributed by atoms with Crippen LogP contribution in [0.4, 0.5) is 0 Å². The van der Waals surface area contributed by atoms with Crippen LogP contribution < -0.4 is 5.32 Å². The Morgan fingerprint density at radius 3 is 1.49 bits per heavy atom. The van der Waals surface area contributed by atoms with Gasteiger partial charge in [-0.05, 0) is 116 Å². The van der Waals surface area contributed by atoms with Crippen molar-refractivity contribution in [2.75, 3.05) is 13.1 Å². The van der Waals surface area contributed by atoms with Crippen LogP contribution in [-0.4, -0.2) is 102 Å². The molecule has 1 saturated heterocycles. The van der Waals surface area contributed by atoms with Crippen LogP contribution >= 0.6 is 62.3 Å². The van der Waals surface area contributed by atoms with Gasteiger partial charge in [0.15, 0.2) is 6.04 Å². The van der Waals surface area contributed by atoms with Gasteiger partial charge in [-0.25, -0.2) is 14.4 Å². The summed E-state index contributed by atoms with van der Waals surface area (Å²) in [6.07, 6.45) is 21.3. The van der Waals surface area contributed by atoms with E-state index in [1.165, 1.54) is 113 Å². The maximum Gasteiger partial charge on any atom is 0.338 e. The number of carboxylic acids is 6. The molecular weight excluding hydrogens is 1310 g/mol. The molecule has 0 spiro atoms. The third-order valence-corrected chi connectivity index (χ3v) is 16.6. The average Bonchev–Trinajstić information content (AvgIpc) is 1.52. The fourth-order valence-corrected chi connectivity index (χ4v) is 11.9. The summed E-state index contributed by atoms with van der Waals surface area (Å²) in [4.78, 5) is 78.8. The van der Waals surface area contributed by atoms with Gasteiger partial charge in [0.2, 0.25) is 0 Å². The number of benzene rings is 6. The molecule has 8 rings (SSSR count). The summed E-state index contributed by atoms with van der Waals surface area (Å²) in [5.74, 6) is -5.82. The van der Waals surface area contributed by atoms with Crippen molar-refractivity contribution in [3.05, 3.63) is 216 Å². The van der Waals surface area contributed by atoms with Crippen LogP contribution in [0.2, 0.25) is 20.1 Å². The second-order valence-electron chi connectivity index (χ2n) is 22.0. The van der Waals surface area contributed by atoms with Crippen molar-refractivity contribution in [1.29, 1.82) is 0 Å². The first-order valence-corrected chi connectivity index (χ1v) is 32.4. The second-order valence-corrected chi connectivity index (χ2v) is 24.6. The predicted octanol–water partition coefficient (Wildman–Crippen LogP) is 17.8. The Balaban J connectivity index is 0.000000250. The molecule has 7 N–H and O–H groups in total. The average molecular weight is 1390 g/mol. The van der Waals surface area contributed by atoms with Crippen LogP contribution in [0.5, 0.6) is 0 Å². The molecule has 20 heteroatoms. The summed E-state index contributed by atoms with van der Waals surface area (Å²) in [6, 6.07) is 43.1. The molecule has 2 unspecified atom stereocenters. The van der Waals surface area contributed by atoms with Crippen molar-refractivity contribution in [1.82, 2.24) is 10.2 Å². The van der Waals surface area contributed by atoms with Gasteiger partial charge in [-0.15, -0.1) is 0 Å². The number of aromatic carboxylic acids is 1. The smallest absolute Gasteiger partial charge is 0.338 e. The standard InChI is InChI=1S/C23H18O2.C19H38O2.C13H13ClN2O5.C9H6Cl2O2.C7H4BrClO2/c24-20(25)16-23(19-14-8-3-9-15-19)21(17-10-4-1-5-11-17)22(23)18-12-6-2-7-13-18;1-18(2)16-14-12-10-8-6-4-3-5-7-9-11-13-15-17-19(20)21;14-8-3-1-7(2-4-8)11(17)16-6-5-15-9(12(18)19)10(16)13(20)21;10-7-3-1-6(8(11)5-7)2-4-9(12)13;8-4-2-1-3-5(9)6(4)7(10)11/h1-15H,16H2,(H,24,25);18H,3-17H2,1-2H3,(H,20,21);1-4,9-10,15H,5-6H2,(H,18,19)(H,20,21);1-5H,(H,12,13);1-3H,(H,10,11). The molecule has 0 bridgehead atoms. The van der Waals surface area contributed by atoms with Crippen LogP contribution in [-0.2, 0) is 29.4 Å². The van der Waals surface area contributed by atoms with Gasteiger partial charge in [-0.3, -0.25) is 19.2 Å². The Hall–Kier alpha value is -7.31. The normalized spacial score (nSPS) is 14.4. The summed E-state index contributed by atoms with van der Waals surface area (Å²) in [6.45, 7) is 4.95. The van der Waals surface area contributed by atoms with Gasteiger partial charge < -0.3 is 40.9 Å². The molecule has 2 aliphatic rings. The van der Waals surface area contributed by atoms with E-state index in [9.17, 15) is 43.8 Å². The van der Waals surface area contributed by atoms with E-state index in [2.05, 4.69) is 59.4 Å². The lowest BCUT2D eigenvalue weighted by molar-refractivity contribution is -0.152. The summed E-state index contributed by atoms with van der Waals surface area (Å²) in [7, 11) is 0. The second kappa shape index (κ2) is 40.5. The van der Waals surface area contributed by atoms with E-state index in [0.29, 0.717) is 31.5 Å². The monoisotopic (exact) mass is 1390 g/mol. The first-order valence-electron chi connectivity index (χ1n) is 30.1. The van der Waals surface area contributed by atoms with Gasteiger partial charge in [-0.1, -0.05) is 247 Å². The highest BCUT2D eigenvalue weighted by Gasteiger charge is 2.56. The number of halogens is 5. The molecule has 1 heterocycles. The fraction of sp³-hybridized carbons (Fsp3) is 0.338. The molecule has 6 aromatic rings. The zero-order valence-corrected chi connectivity index (χ0v) is 55.5. The topological polar surface area (TPSA) is 256 Å². The Morgan fingerprint density at radius 1 is 0.571 bits per heavy atom. The number of carboxylic acid groups (broad SMARTS) is 6. The van der Waals surface area contributed by atoms with E-state index in [1.54, 1.807) is 30.3 Å². The highest BCUT2D eigenvalue weighted by atomic mass is 79.9. The lowest BCUT2D eigenvalue weighted by Gasteiger charge is -2.37. The van der Waals surface area contributed by atoms with Gasteiger partial charge in [0.25, 0.3) is 5.91 Å². The molecule has 486 valence electrons. The Bertz CT molecular complexity index is 3300. The van der Waals surface area contributed by atoms with Crippen molar-refractivity contribution in [2.24, 2.45) is 5.92 Å². The number of amides is 1. The minimum atomic E-state index is -1.46. The number of nitrogens with zero attached hydrogens (tertiary/aromatic N) is 1. The number of piperazine rings is 1. The maximum absolute atomic E-state index is 12.4. The van der Waals surface area contributed by atoms with Crippen molar-refractivity contribution in [3.8, 4) is 0 Å². The number of nitrogens with one attached hydrogen (secondary N) is 1. The first kappa shape index (κ1) is 76.1. The lowest BCUT2D eigenvalue weighted by atomic mass is 9.82. The third-order valence-electron chi connectivity index (χ3n) is 14.8. The number of carbonyl (C=O) groups is 7. The SMILES string of the molecule is CC(C)CCCCCCCCCCCCCCCC(=O)O.O=C(O)C1NCCN(C(=O)c2ccc(Cl)cc2)C1C(=O)O.O=C(O)C=Cc1ccc(Cl)cc1Cl.O=C(O)CC1(c2ccccc2)C(c2ccccc2)=C1c1ccccc1.O=C(O)c1c(Cl)cccc1Br. The number of hydrogen-bond donors (Lipinski definition) is 7. The van der Waals surface area contributed by atoms with Gasteiger partial charge in [0, 0.05) is 50.7 Å². The molecule has 1 amide bonds. The van der Waals surface area contributed by atoms with Gasteiger partial charge >= 0.3 is 35.8 Å². The van der Waals surface area contributed by atoms with Gasteiger partial charge in [0.05, 0.1) is 22.4 Å². The third kappa shape index (κ3) is 26.1. The number of carbonyl (C=O) groups excluding carboxylic acids is 1. The molecule has 0 saturated carbocycles. The van der Waals surface area contributed by atoms with E-state index in [4.69, 9.17) is 66.8 Å². The van der Waals surface area contributed by atoms with Crippen LogP contribution in [0.1, 0.15) is 160 Å². The largest absolute Gasteiger partial charge is 0.481 e. The Labute approximate surface area is 560 Å². The van der Waals surface area contributed by atoms with E-state index in [1.807, 2.05) is 66.7 Å². The molecule has 15 nitrogen and oxygen atoms in total.